The summed E-state index contributed by atoms with van der Waals surface area (Å²) in [5, 5.41) is 26.7. The summed E-state index contributed by atoms with van der Waals surface area (Å²) in [5.74, 6) is -1.67. The first-order valence-corrected chi connectivity index (χ1v) is 5.40. The molecule has 1 N–H and O–H groups in total. The van der Waals surface area contributed by atoms with Gasteiger partial charge in [-0.25, -0.2) is 0 Å². The third-order valence-corrected chi connectivity index (χ3v) is 2.57. The highest BCUT2D eigenvalue weighted by molar-refractivity contribution is 5.68. The van der Waals surface area contributed by atoms with Crippen LogP contribution in [0, 0.1) is 28.1 Å². The molecule has 0 bridgehead atoms. The van der Waals surface area contributed by atoms with Gasteiger partial charge in [-0.2, -0.15) is 10.5 Å². The van der Waals surface area contributed by atoms with Crippen molar-refractivity contribution in [3.8, 4) is 12.1 Å². The maximum Gasteiger partial charge on any atom is 0.304 e. The molecule has 0 spiro atoms. The number of carbonyl (C=O) groups excluding carboxylic acids is 1. The molecular formula is C12H16N2O4. The molecule has 18 heavy (non-hydrogen) atoms. The van der Waals surface area contributed by atoms with Crippen molar-refractivity contribution < 1.29 is 19.4 Å². The van der Waals surface area contributed by atoms with E-state index in [1.807, 2.05) is 12.1 Å². The van der Waals surface area contributed by atoms with Crippen LogP contribution in [0.1, 0.15) is 40.0 Å². The maximum atomic E-state index is 10.9. The number of rotatable bonds is 6. The van der Waals surface area contributed by atoms with Crippen molar-refractivity contribution in [1.82, 2.24) is 0 Å². The Bertz CT molecular complexity index is 381. The number of nitriles is 2. The van der Waals surface area contributed by atoms with Gasteiger partial charge in [-0.1, -0.05) is 0 Å². The second-order valence-corrected chi connectivity index (χ2v) is 4.68. The Morgan fingerprint density at radius 2 is 1.78 bits per heavy atom. The van der Waals surface area contributed by atoms with Crippen molar-refractivity contribution in [2.24, 2.45) is 5.41 Å². The van der Waals surface area contributed by atoms with Gasteiger partial charge in [0.1, 0.15) is 6.07 Å². The van der Waals surface area contributed by atoms with Gasteiger partial charge >= 0.3 is 11.9 Å². The summed E-state index contributed by atoms with van der Waals surface area (Å²) in [5.41, 5.74) is -2.41. The second-order valence-electron chi connectivity index (χ2n) is 4.68. The Morgan fingerprint density at radius 1 is 1.22 bits per heavy atom. The number of esters is 1. The van der Waals surface area contributed by atoms with Crippen molar-refractivity contribution in [3.05, 3.63) is 0 Å². The fraction of sp³-hybridized carbons (Fsp3) is 0.667. The van der Waals surface area contributed by atoms with Gasteiger partial charge in [0.05, 0.1) is 17.9 Å². The van der Waals surface area contributed by atoms with Gasteiger partial charge in [0.2, 0.25) is 0 Å². The zero-order valence-corrected chi connectivity index (χ0v) is 10.7. The number of carbonyl (C=O) groups is 2. The van der Waals surface area contributed by atoms with Crippen LogP contribution in [0.5, 0.6) is 0 Å². The molecule has 2 atom stereocenters. The minimum Gasteiger partial charge on any atom is -0.481 e. The lowest BCUT2D eigenvalue weighted by Crippen LogP contribution is -2.31. The van der Waals surface area contributed by atoms with E-state index in [0.717, 1.165) is 0 Å². The summed E-state index contributed by atoms with van der Waals surface area (Å²) in [7, 11) is 0. The quantitative estimate of drug-likeness (QED) is 0.719. The molecule has 6 nitrogen and oxygen atoms in total. The Labute approximate surface area is 106 Å². The number of hydrogen-bond donors (Lipinski definition) is 1. The zero-order valence-electron chi connectivity index (χ0n) is 10.7. The minimum absolute atomic E-state index is 0.112. The van der Waals surface area contributed by atoms with Crippen molar-refractivity contribution in [3.63, 3.8) is 0 Å². The summed E-state index contributed by atoms with van der Waals surface area (Å²) in [4.78, 5) is 21.5. The molecule has 0 saturated heterocycles. The fourth-order valence-corrected chi connectivity index (χ4v) is 1.48. The minimum atomic E-state index is -1.33. The molecule has 0 aromatic rings. The van der Waals surface area contributed by atoms with Crippen molar-refractivity contribution in [2.75, 3.05) is 0 Å². The second kappa shape index (κ2) is 6.02. The molecule has 0 fully saturated rings. The molecule has 0 saturated carbocycles. The molecule has 6 heteroatoms. The lowest BCUT2D eigenvalue weighted by Gasteiger charge is -2.26. The first kappa shape index (κ1) is 15.9. The number of hydrogen-bond acceptors (Lipinski definition) is 5. The van der Waals surface area contributed by atoms with E-state index in [2.05, 4.69) is 0 Å². The van der Waals surface area contributed by atoms with Crippen molar-refractivity contribution >= 4 is 11.9 Å². The lowest BCUT2D eigenvalue weighted by atomic mass is 9.81. The van der Waals surface area contributed by atoms with E-state index >= 15 is 0 Å². The first-order valence-electron chi connectivity index (χ1n) is 5.40. The standard InChI is InChI=1S/C12H16N2O4/c1-9(15)18-12(3,8-14)5-4-11(2,7-13)6-10(16)17/h4-6H2,1-3H3,(H,16,17)/t11-,12+/m0/s1. The first-order chi connectivity index (χ1) is 8.16. The van der Waals surface area contributed by atoms with Crippen LogP contribution in [0.2, 0.25) is 0 Å². The average molecular weight is 252 g/mol. The molecule has 0 radical (unpaired) electrons. The Morgan fingerprint density at radius 3 is 2.11 bits per heavy atom. The molecule has 0 unspecified atom stereocenters. The van der Waals surface area contributed by atoms with E-state index in [9.17, 15) is 9.59 Å². The monoisotopic (exact) mass is 252 g/mol. The topological polar surface area (TPSA) is 111 Å². The third-order valence-electron chi connectivity index (χ3n) is 2.57. The highest BCUT2D eigenvalue weighted by Crippen LogP contribution is 2.31. The number of ether oxygens (including phenoxy) is 1. The fourth-order valence-electron chi connectivity index (χ4n) is 1.48. The Kier molecular flexibility index (Phi) is 5.32. The molecular weight excluding hydrogens is 236 g/mol. The smallest absolute Gasteiger partial charge is 0.304 e. The van der Waals surface area contributed by atoms with Crippen LogP contribution in [0.4, 0.5) is 0 Å². The molecule has 98 valence electrons. The number of nitrogens with zero attached hydrogens (tertiary/aromatic N) is 2. The SMILES string of the molecule is CC(=O)O[C@@](C)(C#N)CC[C@](C)(C#N)CC(=O)O. The molecule has 0 amide bonds. The van der Waals surface area contributed by atoms with Gasteiger partial charge in [0.25, 0.3) is 0 Å². The van der Waals surface area contributed by atoms with Crippen LogP contribution in [-0.4, -0.2) is 22.6 Å². The van der Waals surface area contributed by atoms with E-state index in [0.29, 0.717) is 0 Å². The Balaban J connectivity index is 4.71. The largest absolute Gasteiger partial charge is 0.481 e. The van der Waals surface area contributed by atoms with Crippen LogP contribution >= 0.6 is 0 Å². The van der Waals surface area contributed by atoms with Crippen LogP contribution in [0.15, 0.2) is 0 Å². The summed E-state index contributed by atoms with van der Waals surface area (Å²) in [6, 6.07) is 3.79. The highest BCUT2D eigenvalue weighted by Gasteiger charge is 2.34. The normalized spacial score (nSPS) is 16.5. The lowest BCUT2D eigenvalue weighted by molar-refractivity contribution is -0.151. The van der Waals surface area contributed by atoms with Gasteiger partial charge in [-0.05, 0) is 20.3 Å². The van der Waals surface area contributed by atoms with E-state index in [1.165, 1.54) is 20.8 Å². The van der Waals surface area contributed by atoms with Crippen LogP contribution in [0.3, 0.4) is 0 Å². The summed E-state index contributed by atoms with van der Waals surface area (Å²) in [6.45, 7) is 4.13. The van der Waals surface area contributed by atoms with Gasteiger partial charge in [-0.15, -0.1) is 0 Å². The average Bonchev–Trinajstić information content (AvgIpc) is 2.25. The number of carboxylic acid groups (broad SMARTS) is 1. The van der Waals surface area contributed by atoms with Crippen LogP contribution < -0.4 is 0 Å². The number of carboxylic acids is 1. The van der Waals surface area contributed by atoms with E-state index in [-0.39, 0.29) is 19.3 Å². The molecule has 0 aliphatic heterocycles. The van der Waals surface area contributed by atoms with Gasteiger partial charge in [0.15, 0.2) is 5.60 Å². The van der Waals surface area contributed by atoms with Crippen LogP contribution in [0.25, 0.3) is 0 Å². The predicted octanol–water partition coefficient (Wildman–Crippen LogP) is 1.62. The summed E-state index contributed by atoms with van der Waals surface area (Å²) >= 11 is 0. The molecule has 0 aliphatic rings. The van der Waals surface area contributed by atoms with E-state index in [1.54, 1.807) is 0 Å². The van der Waals surface area contributed by atoms with Gasteiger partial charge < -0.3 is 9.84 Å². The van der Waals surface area contributed by atoms with Gasteiger partial charge in [-0.3, -0.25) is 9.59 Å². The van der Waals surface area contributed by atoms with Gasteiger partial charge in [0, 0.05) is 13.3 Å². The van der Waals surface area contributed by atoms with Crippen LogP contribution in [-0.2, 0) is 14.3 Å². The molecule has 0 heterocycles. The van der Waals surface area contributed by atoms with Crippen molar-refractivity contribution in [2.45, 2.75) is 45.6 Å². The van der Waals surface area contributed by atoms with Crippen molar-refractivity contribution in [1.29, 1.82) is 10.5 Å². The maximum absolute atomic E-state index is 10.9. The molecule has 0 aromatic carbocycles. The molecule has 0 aliphatic carbocycles. The zero-order chi connectivity index (χ0) is 14.4. The third kappa shape index (κ3) is 5.31. The molecule has 0 aromatic heterocycles. The Hall–Kier alpha value is -2.08. The highest BCUT2D eigenvalue weighted by atomic mass is 16.6. The number of aliphatic carboxylic acids is 1. The molecule has 0 rings (SSSR count). The summed E-state index contributed by atoms with van der Waals surface area (Å²) in [6.07, 6.45) is -0.0430. The summed E-state index contributed by atoms with van der Waals surface area (Å²) < 4.78 is 4.88. The van der Waals surface area contributed by atoms with E-state index < -0.39 is 23.0 Å². The predicted molar refractivity (Wildman–Crippen MR) is 61.0 cm³/mol. The van der Waals surface area contributed by atoms with E-state index in [4.69, 9.17) is 20.4 Å².